The van der Waals surface area contributed by atoms with Crippen molar-refractivity contribution < 1.29 is 14.3 Å². The zero-order valence-electron chi connectivity index (χ0n) is 18.1. The van der Waals surface area contributed by atoms with E-state index in [9.17, 15) is 9.59 Å². The van der Waals surface area contributed by atoms with Crippen LogP contribution in [-0.2, 0) is 14.3 Å². The standard InChI is InChI=1S/C22H44N2O3/c1-4-6-7-8-9-10-11-12-13-17-21(25)24-20(16-14-15-18-23)22(26)27-19(3)5-2/h19-20H,4-18,23H2,1-3H3,(H,24,25)/t19?,20-/m0/s1. The number of hydrogen-bond acceptors (Lipinski definition) is 4. The van der Waals surface area contributed by atoms with Crippen molar-refractivity contribution in [3.05, 3.63) is 0 Å². The van der Waals surface area contributed by atoms with Crippen LogP contribution in [0.4, 0.5) is 0 Å². The molecule has 0 heterocycles. The van der Waals surface area contributed by atoms with Crippen molar-refractivity contribution in [2.24, 2.45) is 5.73 Å². The van der Waals surface area contributed by atoms with Gasteiger partial charge < -0.3 is 15.8 Å². The highest BCUT2D eigenvalue weighted by molar-refractivity contribution is 5.84. The Labute approximate surface area is 167 Å². The highest BCUT2D eigenvalue weighted by Gasteiger charge is 2.23. The van der Waals surface area contributed by atoms with E-state index in [0.29, 0.717) is 19.4 Å². The van der Waals surface area contributed by atoms with E-state index in [1.54, 1.807) is 0 Å². The van der Waals surface area contributed by atoms with Crippen LogP contribution in [-0.4, -0.2) is 30.6 Å². The van der Waals surface area contributed by atoms with Crippen LogP contribution >= 0.6 is 0 Å². The summed E-state index contributed by atoms with van der Waals surface area (Å²) in [6.07, 6.45) is 14.4. The second-order valence-electron chi connectivity index (χ2n) is 7.64. The average Bonchev–Trinajstić information content (AvgIpc) is 2.65. The lowest BCUT2D eigenvalue weighted by Gasteiger charge is -2.20. The molecule has 0 radical (unpaired) electrons. The first-order valence-electron chi connectivity index (χ1n) is 11.2. The van der Waals surface area contributed by atoms with Crippen molar-refractivity contribution in [3.63, 3.8) is 0 Å². The maximum Gasteiger partial charge on any atom is 0.328 e. The SMILES string of the molecule is CCCCCCCCCCCC(=O)N[C@@H](CCCCN)C(=O)OC(C)CC. The number of carbonyl (C=O) groups excluding carboxylic acids is 2. The fourth-order valence-electron chi connectivity index (χ4n) is 2.97. The molecule has 1 unspecified atom stereocenters. The summed E-state index contributed by atoms with van der Waals surface area (Å²) in [5, 5.41) is 2.88. The van der Waals surface area contributed by atoms with Crippen molar-refractivity contribution in [1.82, 2.24) is 5.32 Å². The summed E-state index contributed by atoms with van der Waals surface area (Å²) in [5.41, 5.74) is 5.53. The van der Waals surface area contributed by atoms with Crippen LogP contribution in [0.2, 0.25) is 0 Å². The fourth-order valence-corrected chi connectivity index (χ4v) is 2.97. The maximum atomic E-state index is 12.3. The molecule has 0 rings (SSSR count). The van der Waals surface area contributed by atoms with Gasteiger partial charge in [-0.25, -0.2) is 4.79 Å². The van der Waals surface area contributed by atoms with Crippen LogP contribution in [0.1, 0.15) is 111 Å². The summed E-state index contributed by atoms with van der Waals surface area (Å²) in [7, 11) is 0. The topological polar surface area (TPSA) is 81.4 Å². The summed E-state index contributed by atoms with van der Waals surface area (Å²) in [5.74, 6) is -0.362. The van der Waals surface area contributed by atoms with E-state index in [-0.39, 0.29) is 18.0 Å². The summed E-state index contributed by atoms with van der Waals surface area (Å²) in [6.45, 7) is 6.68. The lowest BCUT2D eigenvalue weighted by molar-refractivity contribution is -0.152. The first kappa shape index (κ1) is 25.9. The molecule has 27 heavy (non-hydrogen) atoms. The Kier molecular flexibility index (Phi) is 17.5. The smallest absolute Gasteiger partial charge is 0.328 e. The van der Waals surface area contributed by atoms with Gasteiger partial charge in [-0.05, 0) is 45.6 Å². The van der Waals surface area contributed by atoms with Crippen molar-refractivity contribution in [3.8, 4) is 0 Å². The Balaban J connectivity index is 4.03. The van der Waals surface area contributed by atoms with E-state index in [1.807, 2.05) is 13.8 Å². The summed E-state index contributed by atoms with van der Waals surface area (Å²) >= 11 is 0. The Morgan fingerprint density at radius 3 is 2.04 bits per heavy atom. The highest BCUT2D eigenvalue weighted by atomic mass is 16.5. The molecular formula is C22H44N2O3. The summed E-state index contributed by atoms with van der Waals surface area (Å²) in [6, 6.07) is -0.545. The molecule has 0 aromatic rings. The molecule has 0 aliphatic rings. The maximum absolute atomic E-state index is 12.3. The van der Waals surface area contributed by atoms with Crippen molar-refractivity contribution >= 4 is 11.9 Å². The quantitative estimate of drug-likeness (QED) is 0.261. The first-order valence-corrected chi connectivity index (χ1v) is 11.2. The Morgan fingerprint density at radius 1 is 0.889 bits per heavy atom. The van der Waals surface area contributed by atoms with Gasteiger partial charge in [0.25, 0.3) is 0 Å². The predicted molar refractivity (Wildman–Crippen MR) is 113 cm³/mol. The van der Waals surface area contributed by atoms with E-state index in [0.717, 1.165) is 32.1 Å². The van der Waals surface area contributed by atoms with Crippen LogP contribution < -0.4 is 11.1 Å². The molecule has 0 bridgehead atoms. The van der Waals surface area contributed by atoms with Crippen molar-refractivity contribution in [2.75, 3.05) is 6.54 Å². The Hall–Kier alpha value is -1.10. The number of unbranched alkanes of at least 4 members (excludes halogenated alkanes) is 9. The van der Waals surface area contributed by atoms with E-state index in [1.165, 1.54) is 44.9 Å². The minimum Gasteiger partial charge on any atom is -0.461 e. The molecule has 5 heteroatoms. The minimum atomic E-state index is -0.545. The van der Waals surface area contributed by atoms with Gasteiger partial charge >= 0.3 is 5.97 Å². The van der Waals surface area contributed by atoms with E-state index >= 15 is 0 Å². The number of nitrogens with one attached hydrogen (secondary N) is 1. The normalized spacial score (nSPS) is 13.2. The second kappa shape index (κ2) is 18.3. The van der Waals surface area contributed by atoms with Gasteiger partial charge in [-0.15, -0.1) is 0 Å². The number of nitrogens with two attached hydrogens (primary N) is 1. The van der Waals surface area contributed by atoms with Crippen LogP contribution in [0.3, 0.4) is 0 Å². The van der Waals surface area contributed by atoms with Gasteiger partial charge in [0.05, 0.1) is 6.10 Å². The molecule has 2 atom stereocenters. The summed E-state index contributed by atoms with van der Waals surface area (Å²) < 4.78 is 5.41. The monoisotopic (exact) mass is 384 g/mol. The van der Waals surface area contributed by atoms with Gasteiger partial charge in [0, 0.05) is 6.42 Å². The second-order valence-corrected chi connectivity index (χ2v) is 7.64. The Morgan fingerprint density at radius 2 is 1.48 bits per heavy atom. The molecule has 3 N–H and O–H groups in total. The third-order valence-electron chi connectivity index (χ3n) is 4.97. The molecule has 1 amide bonds. The lowest BCUT2D eigenvalue weighted by Crippen LogP contribution is -2.42. The highest BCUT2D eigenvalue weighted by Crippen LogP contribution is 2.11. The molecule has 0 saturated carbocycles. The molecule has 0 aromatic carbocycles. The van der Waals surface area contributed by atoms with E-state index in [4.69, 9.17) is 10.5 Å². The number of amides is 1. The average molecular weight is 385 g/mol. The van der Waals surface area contributed by atoms with Gasteiger partial charge in [0.2, 0.25) is 5.91 Å². The fraction of sp³-hybridized carbons (Fsp3) is 0.909. The number of rotatable bonds is 18. The minimum absolute atomic E-state index is 0.0446. The van der Waals surface area contributed by atoms with Crippen LogP contribution in [0.25, 0.3) is 0 Å². The third kappa shape index (κ3) is 15.6. The number of hydrogen-bond donors (Lipinski definition) is 2. The van der Waals surface area contributed by atoms with Gasteiger partial charge in [-0.1, -0.05) is 65.2 Å². The number of ether oxygens (including phenoxy) is 1. The number of esters is 1. The predicted octanol–water partition coefficient (Wildman–Crippen LogP) is 4.86. The van der Waals surface area contributed by atoms with Gasteiger partial charge in [0.15, 0.2) is 0 Å². The molecular weight excluding hydrogens is 340 g/mol. The van der Waals surface area contributed by atoms with Crippen molar-refractivity contribution in [2.45, 2.75) is 123 Å². The molecule has 0 fully saturated rings. The molecule has 0 aliphatic heterocycles. The van der Waals surface area contributed by atoms with Crippen molar-refractivity contribution in [1.29, 1.82) is 0 Å². The largest absolute Gasteiger partial charge is 0.461 e. The molecule has 5 nitrogen and oxygen atoms in total. The zero-order valence-corrected chi connectivity index (χ0v) is 18.1. The van der Waals surface area contributed by atoms with Gasteiger partial charge in [-0.2, -0.15) is 0 Å². The third-order valence-corrected chi connectivity index (χ3v) is 4.97. The van der Waals surface area contributed by atoms with Crippen LogP contribution in [0.15, 0.2) is 0 Å². The Bertz CT molecular complexity index is 375. The molecule has 0 aromatic heterocycles. The molecule has 0 spiro atoms. The van der Waals surface area contributed by atoms with E-state index < -0.39 is 6.04 Å². The summed E-state index contributed by atoms with van der Waals surface area (Å²) in [4.78, 5) is 24.5. The van der Waals surface area contributed by atoms with Crippen LogP contribution in [0, 0.1) is 0 Å². The zero-order chi connectivity index (χ0) is 20.3. The molecule has 0 saturated heterocycles. The van der Waals surface area contributed by atoms with Gasteiger partial charge in [-0.3, -0.25) is 4.79 Å². The number of carbonyl (C=O) groups is 2. The first-order chi connectivity index (χ1) is 13.0. The molecule has 0 aliphatic carbocycles. The molecule has 160 valence electrons. The lowest BCUT2D eigenvalue weighted by atomic mass is 10.1. The van der Waals surface area contributed by atoms with Crippen LogP contribution in [0.5, 0.6) is 0 Å². The van der Waals surface area contributed by atoms with Gasteiger partial charge in [0.1, 0.15) is 6.04 Å². The van der Waals surface area contributed by atoms with E-state index in [2.05, 4.69) is 12.2 Å².